The number of rotatable bonds is 6. The van der Waals surface area contributed by atoms with E-state index >= 15 is 0 Å². The Bertz CT molecular complexity index is 1130. The number of ether oxygens (including phenoxy) is 3. The molecule has 8 heteroatoms. The summed E-state index contributed by atoms with van der Waals surface area (Å²) in [5.41, 5.74) is 0.176. The van der Waals surface area contributed by atoms with Gasteiger partial charge < -0.3 is 19.3 Å². The van der Waals surface area contributed by atoms with Gasteiger partial charge in [0.15, 0.2) is 18.4 Å². The maximum Gasteiger partial charge on any atom is 0.338 e. The van der Waals surface area contributed by atoms with Gasteiger partial charge in [0.2, 0.25) is 0 Å². The highest BCUT2D eigenvalue weighted by atomic mass is 16.6. The number of pyridine rings is 1. The van der Waals surface area contributed by atoms with Gasteiger partial charge in [-0.1, -0.05) is 42.5 Å². The smallest absolute Gasteiger partial charge is 0.338 e. The van der Waals surface area contributed by atoms with Crippen LogP contribution >= 0.6 is 0 Å². The van der Waals surface area contributed by atoms with Crippen molar-refractivity contribution in [2.75, 3.05) is 6.61 Å². The number of benzene rings is 2. The van der Waals surface area contributed by atoms with E-state index in [1.165, 1.54) is 16.8 Å². The third-order valence-electron chi connectivity index (χ3n) is 5.10. The summed E-state index contributed by atoms with van der Waals surface area (Å²) < 4.78 is 18.4. The highest BCUT2D eigenvalue weighted by Crippen LogP contribution is 2.34. The molecule has 0 spiro atoms. The highest BCUT2D eigenvalue weighted by Gasteiger charge is 2.50. The lowest BCUT2D eigenvalue weighted by molar-refractivity contribution is -0.0598. The Kier molecular flexibility index (Phi) is 6.44. The summed E-state index contributed by atoms with van der Waals surface area (Å²) in [5, 5.41) is 9.88. The Labute approximate surface area is 183 Å². The summed E-state index contributed by atoms with van der Waals surface area (Å²) >= 11 is 0. The lowest BCUT2D eigenvalue weighted by Gasteiger charge is -2.24. The van der Waals surface area contributed by atoms with Gasteiger partial charge in [-0.2, -0.15) is 0 Å². The van der Waals surface area contributed by atoms with Gasteiger partial charge in [0, 0.05) is 12.3 Å². The van der Waals surface area contributed by atoms with Crippen LogP contribution in [0.3, 0.4) is 0 Å². The minimum atomic E-state index is -1.17. The molecule has 164 valence electrons. The standard InChI is InChI=1S/C24H21NO7/c26-15-18-20(31-23(28)16-9-3-1-4-10-16)21(32-24(29)17-11-5-2-6-12-17)22(30-18)25-14-8-7-13-19(25)27/h1-14,18,20-22,26H,15H2/t18-,20-,21-,22-/m1/s1. The van der Waals surface area contributed by atoms with Crippen LogP contribution in [0.2, 0.25) is 0 Å². The van der Waals surface area contributed by atoms with Gasteiger partial charge in [0.1, 0.15) is 6.10 Å². The minimum Gasteiger partial charge on any atom is -0.452 e. The molecule has 0 amide bonds. The molecular weight excluding hydrogens is 414 g/mol. The molecule has 1 aliphatic heterocycles. The molecule has 4 rings (SSSR count). The van der Waals surface area contributed by atoms with Gasteiger partial charge >= 0.3 is 11.9 Å². The number of aliphatic hydroxyl groups is 1. The van der Waals surface area contributed by atoms with E-state index in [9.17, 15) is 19.5 Å². The van der Waals surface area contributed by atoms with E-state index in [0.717, 1.165) is 0 Å². The second kappa shape index (κ2) is 9.59. The molecule has 1 aliphatic rings. The predicted molar refractivity (Wildman–Crippen MR) is 113 cm³/mol. The first kappa shape index (κ1) is 21.5. The monoisotopic (exact) mass is 435 g/mol. The maximum absolute atomic E-state index is 12.8. The van der Waals surface area contributed by atoms with Gasteiger partial charge in [0.05, 0.1) is 17.7 Å². The van der Waals surface area contributed by atoms with Crippen LogP contribution < -0.4 is 5.56 Å². The van der Waals surface area contributed by atoms with Crippen molar-refractivity contribution < 1.29 is 28.9 Å². The fraction of sp³-hybridized carbons (Fsp3) is 0.208. The van der Waals surface area contributed by atoms with Crippen LogP contribution in [0, 0.1) is 0 Å². The molecule has 0 radical (unpaired) electrons. The number of esters is 2. The first-order chi connectivity index (χ1) is 15.6. The molecule has 0 aliphatic carbocycles. The van der Waals surface area contributed by atoms with Crippen molar-refractivity contribution in [1.82, 2.24) is 4.57 Å². The maximum atomic E-state index is 12.8. The average molecular weight is 435 g/mol. The predicted octanol–water partition coefficient (Wildman–Crippen LogP) is 2.19. The summed E-state index contributed by atoms with van der Waals surface area (Å²) in [4.78, 5) is 37.9. The molecule has 4 atom stereocenters. The van der Waals surface area contributed by atoms with Crippen LogP contribution in [0.5, 0.6) is 0 Å². The molecule has 2 heterocycles. The van der Waals surface area contributed by atoms with E-state index < -0.39 is 48.6 Å². The summed E-state index contributed by atoms with van der Waals surface area (Å²) in [5.74, 6) is -1.34. The van der Waals surface area contributed by atoms with E-state index in [4.69, 9.17) is 14.2 Å². The van der Waals surface area contributed by atoms with Gasteiger partial charge in [-0.25, -0.2) is 9.59 Å². The Hall–Kier alpha value is -3.75. The van der Waals surface area contributed by atoms with Gasteiger partial charge in [-0.3, -0.25) is 9.36 Å². The zero-order valence-corrected chi connectivity index (χ0v) is 16.9. The lowest BCUT2D eigenvalue weighted by Crippen LogP contribution is -2.41. The van der Waals surface area contributed by atoms with E-state index in [1.54, 1.807) is 72.8 Å². The first-order valence-corrected chi connectivity index (χ1v) is 10.0. The zero-order chi connectivity index (χ0) is 22.5. The Balaban J connectivity index is 1.68. The molecule has 1 fully saturated rings. The van der Waals surface area contributed by atoms with Gasteiger partial charge in [0.25, 0.3) is 5.56 Å². The molecule has 32 heavy (non-hydrogen) atoms. The van der Waals surface area contributed by atoms with Crippen molar-refractivity contribution in [3.05, 3.63) is 107 Å². The molecule has 2 aromatic carbocycles. The highest BCUT2D eigenvalue weighted by molar-refractivity contribution is 5.90. The van der Waals surface area contributed by atoms with Crippen molar-refractivity contribution >= 4 is 11.9 Å². The molecule has 0 bridgehead atoms. The van der Waals surface area contributed by atoms with Crippen LogP contribution in [0.15, 0.2) is 89.9 Å². The summed E-state index contributed by atoms with van der Waals surface area (Å²) in [6.07, 6.45) is -2.94. The summed E-state index contributed by atoms with van der Waals surface area (Å²) in [6.45, 7) is -0.510. The lowest BCUT2D eigenvalue weighted by atomic mass is 10.1. The number of hydrogen-bond acceptors (Lipinski definition) is 7. The number of nitrogens with zero attached hydrogens (tertiary/aromatic N) is 1. The Morgan fingerprint density at radius 1 is 0.812 bits per heavy atom. The summed E-state index contributed by atoms with van der Waals surface area (Å²) in [7, 11) is 0. The van der Waals surface area contributed by atoms with Crippen molar-refractivity contribution in [2.24, 2.45) is 0 Å². The second-order valence-electron chi connectivity index (χ2n) is 7.17. The second-order valence-corrected chi connectivity index (χ2v) is 7.17. The SMILES string of the molecule is O=C(O[C@@H]1[C@H](OC(=O)c2ccccc2)[C@@H](CO)O[C@H]1n1ccccc1=O)c1ccccc1. The fourth-order valence-electron chi connectivity index (χ4n) is 3.53. The Morgan fingerprint density at radius 3 is 1.88 bits per heavy atom. The third-order valence-corrected chi connectivity index (χ3v) is 5.10. The van der Waals surface area contributed by atoms with Crippen molar-refractivity contribution in [3.8, 4) is 0 Å². The number of hydrogen-bond donors (Lipinski definition) is 1. The zero-order valence-electron chi connectivity index (χ0n) is 16.9. The molecule has 0 saturated carbocycles. The van der Waals surface area contributed by atoms with Gasteiger partial charge in [-0.05, 0) is 30.3 Å². The molecule has 8 nitrogen and oxygen atoms in total. The molecule has 0 unspecified atom stereocenters. The first-order valence-electron chi connectivity index (χ1n) is 10.0. The largest absolute Gasteiger partial charge is 0.452 e. The van der Waals surface area contributed by atoms with E-state index in [0.29, 0.717) is 0 Å². The van der Waals surface area contributed by atoms with Crippen LogP contribution in [0.25, 0.3) is 0 Å². The Morgan fingerprint density at radius 2 is 1.34 bits per heavy atom. The van der Waals surface area contributed by atoms with Crippen LogP contribution in [0.1, 0.15) is 26.9 Å². The number of aliphatic hydroxyl groups excluding tert-OH is 1. The van der Waals surface area contributed by atoms with E-state index in [-0.39, 0.29) is 11.1 Å². The average Bonchev–Trinajstić information content (AvgIpc) is 3.17. The van der Waals surface area contributed by atoms with Crippen LogP contribution in [-0.4, -0.2) is 46.5 Å². The van der Waals surface area contributed by atoms with Crippen LogP contribution in [0.4, 0.5) is 0 Å². The molecule has 1 saturated heterocycles. The topological polar surface area (TPSA) is 104 Å². The fourth-order valence-corrected chi connectivity index (χ4v) is 3.53. The van der Waals surface area contributed by atoms with E-state index in [1.807, 2.05) is 0 Å². The van der Waals surface area contributed by atoms with Crippen molar-refractivity contribution in [3.63, 3.8) is 0 Å². The van der Waals surface area contributed by atoms with Crippen molar-refractivity contribution in [1.29, 1.82) is 0 Å². The molecule has 1 N–H and O–H groups in total. The van der Waals surface area contributed by atoms with Crippen LogP contribution in [-0.2, 0) is 14.2 Å². The number of carbonyl (C=O) groups is 2. The number of carbonyl (C=O) groups excluding carboxylic acids is 2. The third kappa shape index (κ3) is 4.46. The molecule has 3 aromatic rings. The molecular formula is C24H21NO7. The van der Waals surface area contributed by atoms with E-state index in [2.05, 4.69) is 0 Å². The molecule has 1 aromatic heterocycles. The minimum absolute atomic E-state index is 0.284. The number of aromatic nitrogens is 1. The normalized spacial score (nSPS) is 22.3. The quantitative estimate of drug-likeness (QED) is 0.592. The van der Waals surface area contributed by atoms with Crippen molar-refractivity contribution in [2.45, 2.75) is 24.5 Å². The summed E-state index contributed by atoms with van der Waals surface area (Å²) in [6, 6.07) is 21.1. The van der Waals surface area contributed by atoms with Gasteiger partial charge in [-0.15, -0.1) is 0 Å².